The molecule has 0 aliphatic rings. The molecule has 1 amide bonds. The summed E-state index contributed by atoms with van der Waals surface area (Å²) in [6, 6.07) is 9.44. The summed E-state index contributed by atoms with van der Waals surface area (Å²) in [6.07, 6.45) is 4.65. The predicted molar refractivity (Wildman–Crippen MR) is 103 cm³/mol. The van der Waals surface area contributed by atoms with E-state index in [1.807, 2.05) is 20.8 Å². The van der Waals surface area contributed by atoms with Crippen molar-refractivity contribution >= 4 is 23.1 Å². The average Bonchev–Trinajstić information content (AvgIpc) is 2.64. The van der Waals surface area contributed by atoms with Gasteiger partial charge in [-0.05, 0) is 24.3 Å². The molecule has 0 spiro atoms. The van der Waals surface area contributed by atoms with Gasteiger partial charge in [-0.15, -0.1) is 0 Å². The molecule has 138 valence electrons. The molecule has 0 atom stereocenters. The van der Waals surface area contributed by atoms with Gasteiger partial charge in [0.1, 0.15) is 17.5 Å². The van der Waals surface area contributed by atoms with Crippen LogP contribution in [0.1, 0.15) is 37.0 Å². The van der Waals surface area contributed by atoms with E-state index in [-0.39, 0.29) is 22.5 Å². The molecule has 1 aromatic carbocycles. The van der Waals surface area contributed by atoms with Gasteiger partial charge in [-0.25, -0.2) is 19.3 Å². The van der Waals surface area contributed by atoms with E-state index in [2.05, 4.69) is 25.6 Å². The molecule has 2 heterocycles. The number of nitrogens with one attached hydrogen (secondary N) is 2. The molecule has 0 unspecified atom stereocenters. The van der Waals surface area contributed by atoms with Gasteiger partial charge in [-0.1, -0.05) is 32.9 Å². The van der Waals surface area contributed by atoms with Crippen LogP contribution in [0.4, 0.5) is 21.6 Å². The molecule has 0 radical (unpaired) electrons. The van der Waals surface area contributed by atoms with E-state index >= 15 is 0 Å². The van der Waals surface area contributed by atoms with E-state index in [9.17, 15) is 9.18 Å². The number of anilines is 3. The van der Waals surface area contributed by atoms with Crippen LogP contribution in [0.2, 0.25) is 0 Å². The first kappa shape index (κ1) is 18.4. The first-order chi connectivity index (χ1) is 12.8. The Morgan fingerprint density at radius 1 is 1.00 bits per heavy atom. The van der Waals surface area contributed by atoms with Crippen molar-refractivity contribution in [2.45, 2.75) is 26.2 Å². The van der Waals surface area contributed by atoms with E-state index in [0.29, 0.717) is 11.5 Å². The zero-order valence-electron chi connectivity index (χ0n) is 15.3. The number of benzene rings is 1. The molecule has 3 aromatic rings. The SMILES string of the molecule is CC(C)(C)c1ncc(NC(=O)c2cccnc2Nc2ccccc2F)cn1. The summed E-state index contributed by atoms with van der Waals surface area (Å²) in [4.78, 5) is 25.4. The smallest absolute Gasteiger partial charge is 0.259 e. The van der Waals surface area contributed by atoms with Crippen molar-refractivity contribution in [1.82, 2.24) is 15.0 Å². The molecule has 0 bridgehead atoms. The first-order valence-corrected chi connectivity index (χ1v) is 8.45. The van der Waals surface area contributed by atoms with Crippen LogP contribution in [0.25, 0.3) is 0 Å². The van der Waals surface area contributed by atoms with E-state index in [1.165, 1.54) is 12.3 Å². The fourth-order valence-corrected chi connectivity index (χ4v) is 2.36. The van der Waals surface area contributed by atoms with E-state index in [0.717, 1.165) is 0 Å². The van der Waals surface area contributed by atoms with Crippen LogP contribution in [0.3, 0.4) is 0 Å². The Bertz CT molecular complexity index is 951. The molecule has 2 aromatic heterocycles. The minimum atomic E-state index is -0.430. The highest BCUT2D eigenvalue weighted by Crippen LogP contribution is 2.22. The summed E-state index contributed by atoms with van der Waals surface area (Å²) in [5.41, 5.74) is 0.806. The van der Waals surface area contributed by atoms with Crippen molar-refractivity contribution in [3.8, 4) is 0 Å². The maximum absolute atomic E-state index is 13.9. The Morgan fingerprint density at radius 3 is 2.37 bits per heavy atom. The largest absolute Gasteiger partial charge is 0.337 e. The monoisotopic (exact) mass is 365 g/mol. The maximum atomic E-state index is 13.9. The molecular weight excluding hydrogens is 345 g/mol. The molecule has 0 aliphatic carbocycles. The lowest BCUT2D eigenvalue weighted by atomic mass is 9.96. The quantitative estimate of drug-likeness (QED) is 0.720. The lowest BCUT2D eigenvalue weighted by molar-refractivity contribution is 0.102. The fraction of sp³-hybridized carbons (Fsp3) is 0.200. The van der Waals surface area contributed by atoms with Crippen LogP contribution in [-0.4, -0.2) is 20.9 Å². The number of para-hydroxylation sites is 1. The Labute approximate surface area is 156 Å². The van der Waals surface area contributed by atoms with Gasteiger partial charge in [-0.3, -0.25) is 4.79 Å². The van der Waals surface area contributed by atoms with Crippen LogP contribution in [-0.2, 0) is 5.41 Å². The maximum Gasteiger partial charge on any atom is 0.259 e. The number of carbonyl (C=O) groups is 1. The summed E-state index contributed by atoms with van der Waals surface area (Å²) >= 11 is 0. The second-order valence-electron chi connectivity index (χ2n) is 7.00. The molecule has 0 aliphatic heterocycles. The lowest BCUT2D eigenvalue weighted by Crippen LogP contribution is -2.18. The van der Waals surface area contributed by atoms with Gasteiger partial charge in [0.2, 0.25) is 0 Å². The van der Waals surface area contributed by atoms with Gasteiger partial charge >= 0.3 is 0 Å². The number of pyridine rings is 1. The van der Waals surface area contributed by atoms with Crippen LogP contribution >= 0.6 is 0 Å². The van der Waals surface area contributed by atoms with E-state index < -0.39 is 11.7 Å². The van der Waals surface area contributed by atoms with Gasteiger partial charge in [0.25, 0.3) is 5.91 Å². The van der Waals surface area contributed by atoms with E-state index in [1.54, 1.807) is 42.7 Å². The van der Waals surface area contributed by atoms with Crippen molar-refractivity contribution in [2.24, 2.45) is 0 Å². The van der Waals surface area contributed by atoms with Gasteiger partial charge in [0.15, 0.2) is 0 Å². The van der Waals surface area contributed by atoms with Crippen LogP contribution in [0.15, 0.2) is 55.0 Å². The topological polar surface area (TPSA) is 79.8 Å². The molecule has 7 heteroatoms. The van der Waals surface area contributed by atoms with Gasteiger partial charge < -0.3 is 10.6 Å². The van der Waals surface area contributed by atoms with Crippen LogP contribution in [0, 0.1) is 5.82 Å². The number of carbonyl (C=O) groups excluding carboxylic acids is 1. The Kier molecular flexibility index (Phi) is 5.12. The molecule has 2 N–H and O–H groups in total. The number of amides is 1. The molecule has 3 rings (SSSR count). The molecule has 0 saturated carbocycles. The van der Waals surface area contributed by atoms with Crippen molar-refractivity contribution in [3.05, 3.63) is 72.2 Å². The average molecular weight is 365 g/mol. The second-order valence-corrected chi connectivity index (χ2v) is 7.00. The Morgan fingerprint density at radius 2 is 1.70 bits per heavy atom. The predicted octanol–water partition coefficient (Wildman–Crippen LogP) is 4.30. The zero-order chi connectivity index (χ0) is 19.4. The van der Waals surface area contributed by atoms with Crippen molar-refractivity contribution in [3.63, 3.8) is 0 Å². The summed E-state index contributed by atoms with van der Waals surface area (Å²) in [6.45, 7) is 6.03. The Balaban J connectivity index is 1.80. The summed E-state index contributed by atoms with van der Waals surface area (Å²) < 4.78 is 13.9. The number of aromatic nitrogens is 3. The number of hydrogen-bond donors (Lipinski definition) is 2. The lowest BCUT2D eigenvalue weighted by Gasteiger charge is -2.16. The third-order valence-electron chi connectivity index (χ3n) is 3.76. The van der Waals surface area contributed by atoms with Gasteiger partial charge in [-0.2, -0.15) is 0 Å². The number of hydrogen-bond acceptors (Lipinski definition) is 5. The molecule has 0 saturated heterocycles. The van der Waals surface area contributed by atoms with E-state index in [4.69, 9.17) is 0 Å². The molecular formula is C20H20FN5O. The van der Waals surface area contributed by atoms with Crippen molar-refractivity contribution < 1.29 is 9.18 Å². The van der Waals surface area contributed by atoms with Crippen LogP contribution in [0.5, 0.6) is 0 Å². The van der Waals surface area contributed by atoms with Crippen molar-refractivity contribution in [1.29, 1.82) is 0 Å². The standard InChI is InChI=1S/C20H20FN5O/c1-20(2,3)19-23-11-13(12-24-19)25-18(27)14-7-6-10-22-17(14)26-16-9-5-4-8-15(16)21/h4-12H,1-3H3,(H,22,26)(H,25,27). The van der Waals surface area contributed by atoms with Crippen molar-refractivity contribution in [2.75, 3.05) is 10.6 Å². The van der Waals surface area contributed by atoms with Crippen LogP contribution < -0.4 is 10.6 Å². The summed E-state index contributed by atoms with van der Waals surface area (Å²) in [7, 11) is 0. The highest BCUT2D eigenvalue weighted by atomic mass is 19.1. The second kappa shape index (κ2) is 7.49. The Hall–Kier alpha value is -3.35. The number of halogens is 1. The summed E-state index contributed by atoms with van der Waals surface area (Å²) in [5, 5.41) is 5.60. The third-order valence-corrected chi connectivity index (χ3v) is 3.76. The highest BCUT2D eigenvalue weighted by molar-refractivity contribution is 6.07. The normalized spacial score (nSPS) is 11.1. The molecule has 0 fully saturated rings. The number of rotatable bonds is 4. The fourth-order valence-electron chi connectivity index (χ4n) is 2.36. The minimum absolute atomic E-state index is 0.178. The molecule has 6 nitrogen and oxygen atoms in total. The highest BCUT2D eigenvalue weighted by Gasteiger charge is 2.18. The zero-order valence-corrected chi connectivity index (χ0v) is 15.3. The third kappa shape index (κ3) is 4.44. The minimum Gasteiger partial charge on any atom is -0.337 e. The first-order valence-electron chi connectivity index (χ1n) is 8.45. The van der Waals surface area contributed by atoms with Gasteiger partial charge in [0.05, 0.1) is 29.3 Å². The molecule has 27 heavy (non-hydrogen) atoms. The number of nitrogens with zero attached hydrogens (tertiary/aromatic N) is 3. The summed E-state index contributed by atoms with van der Waals surface area (Å²) in [5.74, 6) is 0.117. The van der Waals surface area contributed by atoms with Gasteiger partial charge in [0, 0.05) is 11.6 Å².